The molecule has 0 aliphatic heterocycles. The van der Waals surface area contributed by atoms with E-state index in [-0.39, 0.29) is 0 Å². The minimum Gasteiger partial charge on any atom is -0.456 e. The number of para-hydroxylation sites is 9. The highest BCUT2D eigenvalue weighted by Gasteiger charge is 2.27. The van der Waals surface area contributed by atoms with Crippen LogP contribution in [0, 0.1) is 0 Å². The molecular formula is C92H47N9O3. The van der Waals surface area contributed by atoms with Crippen molar-refractivity contribution in [3.05, 3.63) is 285 Å². The zero-order valence-corrected chi connectivity index (χ0v) is 54.9. The van der Waals surface area contributed by atoms with E-state index in [1.807, 2.05) is 78.9 Å². The fourth-order valence-corrected chi connectivity index (χ4v) is 17.6. The zero-order chi connectivity index (χ0) is 67.3. The van der Waals surface area contributed by atoms with E-state index in [1.165, 1.54) is 92.1 Å². The van der Waals surface area contributed by atoms with E-state index < -0.39 is 0 Å². The molecule has 0 saturated heterocycles. The van der Waals surface area contributed by atoms with Crippen molar-refractivity contribution in [2.45, 2.75) is 0 Å². The van der Waals surface area contributed by atoms with Gasteiger partial charge in [-0.2, -0.15) is 0 Å². The summed E-state index contributed by atoms with van der Waals surface area (Å²) >= 11 is 0. The second kappa shape index (κ2) is 19.8. The molecule has 0 atom stereocenters. The molecule has 0 bridgehead atoms. The Labute approximate surface area is 584 Å². The molecule has 0 aliphatic carbocycles. The SMILES string of the molecule is c1ccc(-c2ccc3c(c2)oc2cc4c(cc23)c2cccc3c5nc6ccccc6nc5n4c23)cc1.c1ccc2c(c1)ccc1oc3cc4c(cc3c12)c1cccc2c3nc5ccccc5nc3n4c12.c1ccc2c(c1)ccc1oc3ccc4c(c5cccc6c7nc8ccccc8nc7n4c65)c3c12. The molecule has 0 aliphatic rings. The highest BCUT2D eigenvalue weighted by Crippen LogP contribution is 2.48. The molecule has 12 nitrogen and oxygen atoms in total. The molecule has 0 unspecified atom stereocenters. The number of benzene rings is 15. The summed E-state index contributed by atoms with van der Waals surface area (Å²) in [6.07, 6.45) is 0. The summed E-state index contributed by atoms with van der Waals surface area (Å²) in [7, 11) is 0. The van der Waals surface area contributed by atoms with Crippen molar-refractivity contribution in [1.82, 2.24) is 43.1 Å². The molecule has 12 heteroatoms. The smallest absolute Gasteiger partial charge is 0.165 e. The summed E-state index contributed by atoms with van der Waals surface area (Å²) in [5, 5.41) is 22.5. The zero-order valence-electron chi connectivity index (χ0n) is 54.9. The number of hydrogen-bond donors (Lipinski definition) is 0. The van der Waals surface area contributed by atoms with Crippen LogP contribution < -0.4 is 0 Å². The van der Waals surface area contributed by atoms with E-state index in [9.17, 15) is 0 Å². The van der Waals surface area contributed by atoms with Gasteiger partial charge in [0.25, 0.3) is 0 Å². The Kier molecular flexibility index (Phi) is 10.4. The third-order valence-corrected chi connectivity index (χ3v) is 22.1. The summed E-state index contributed by atoms with van der Waals surface area (Å²) in [6, 6.07) is 99.3. The Morgan fingerprint density at radius 1 is 0.202 bits per heavy atom. The predicted molar refractivity (Wildman–Crippen MR) is 425 cm³/mol. The van der Waals surface area contributed by atoms with Crippen LogP contribution in [0.5, 0.6) is 0 Å². The van der Waals surface area contributed by atoms with Crippen LogP contribution in [0.2, 0.25) is 0 Å². The fraction of sp³-hybridized carbons (Fsp3) is 0. The van der Waals surface area contributed by atoms with Gasteiger partial charge in [-0.3, -0.25) is 13.2 Å². The van der Waals surface area contributed by atoms with E-state index in [4.69, 9.17) is 43.2 Å². The van der Waals surface area contributed by atoms with Crippen molar-refractivity contribution in [2.75, 3.05) is 0 Å². The van der Waals surface area contributed by atoms with Gasteiger partial charge < -0.3 is 13.3 Å². The predicted octanol–water partition coefficient (Wildman–Crippen LogP) is 24.0. The molecule has 104 heavy (non-hydrogen) atoms. The van der Waals surface area contributed by atoms with E-state index in [0.717, 1.165) is 155 Å². The first kappa shape index (κ1) is 54.5. The standard InChI is InChI=1S/C32H17N3O.2C30H15N3O/c1-2-7-18(8-3-1)19-13-14-20-24-16-23-21-9-6-10-22-30-32(34-26-12-5-4-11-25(26)33-30)35(31(21)22)27(23)17-29(24)36-28(20)15-19;1-2-7-17-16(6-1)12-14-23-26(17)27-24(34-23)15-13-22-25(27)18-8-5-9-19-28-30(33(22)29(18)19)32-21-11-4-3-10-20(21)31-28;1-2-7-17-16(6-1)12-13-25-27(17)21-14-20-18-8-5-9-19-28-30(32-23-11-4-3-10-22(23)31-28)33(29(18)19)24(20)15-26(21)34-25/h1-17H;2*1-15H. The molecule has 0 fully saturated rings. The van der Waals surface area contributed by atoms with Crippen molar-refractivity contribution in [3.8, 4) is 11.1 Å². The van der Waals surface area contributed by atoms with Crippen LogP contribution in [-0.2, 0) is 0 Å². The topological polar surface area (TPSA) is 130 Å². The first-order valence-electron chi connectivity index (χ1n) is 35.0. The van der Waals surface area contributed by atoms with Gasteiger partial charge in [0, 0.05) is 92.9 Å². The van der Waals surface area contributed by atoms with Gasteiger partial charge in [0.2, 0.25) is 0 Å². The number of nitrogens with zero attached hydrogens (tertiary/aromatic N) is 9. The van der Waals surface area contributed by atoms with Crippen LogP contribution in [0.15, 0.2) is 298 Å². The number of hydrogen-bond acceptors (Lipinski definition) is 9. The third-order valence-electron chi connectivity index (χ3n) is 22.1. The lowest BCUT2D eigenvalue weighted by molar-refractivity contribution is 0.669. The van der Waals surface area contributed by atoms with Gasteiger partial charge in [0.15, 0.2) is 16.9 Å². The lowest BCUT2D eigenvalue weighted by Crippen LogP contribution is -1.88. The van der Waals surface area contributed by atoms with Crippen LogP contribution in [0.25, 0.3) is 247 Å². The van der Waals surface area contributed by atoms with Crippen LogP contribution in [-0.4, -0.2) is 43.1 Å². The summed E-state index contributed by atoms with van der Waals surface area (Å²) < 4.78 is 26.0. The van der Waals surface area contributed by atoms with E-state index in [2.05, 4.69) is 219 Å². The maximum absolute atomic E-state index is 6.44. The molecule has 27 rings (SSSR count). The molecular weight excluding hydrogens is 1280 g/mol. The minimum atomic E-state index is 0.880. The molecule has 15 aromatic carbocycles. The second-order valence-corrected chi connectivity index (χ2v) is 27.5. The summed E-state index contributed by atoms with van der Waals surface area (Å²) in [6.45, 7) is 0. The van der Waals surface area contributed by atoms with Crippen LogP contribution >= 0.6 is 0 Å². The largest absolute Gasteiger partial charge is 0.456 e. The van der Waals surface area contributed by atoms with Crippen molar-refractivity contribution < 1.29 is 13.3 Å². The molecule has 0 N–H and O–H groups in total. The van der Waals surface area contributed by atoms with Gasteiger partial charge in [-0.15, -0.1) is 0 Å². The molecule has 0 amide bonds. The second-order valence-electron chi connectivity index (χ2n) is 27.5. The van der Waals surface area contributed by atoms with E-state index in [0.29, 0.717) is 0 Å². The quantitative estimate of drug-likeness (QED) is 0.158. The van der Waals surface area contributed by atoms with Gasteiger partial charge in [0.05, 0.1) is 66.2 Å². The Morgan fingerprint density at radius 3 is 1.18 bits per heavy atom. The van der Waals surface area contributed by atoms with E-state index in [1.54, 1.807) is 0 Å². The average molecular weight is 1330 g/mol. The highest BCUT2D eigenvalue weighted by atomic mass is 16.3. The van der Waals surface area contributed by atoms with Gasteiger partial charge in [0.1, 0.15) is 50.0 Å². The minimum absolute atomic E-state index is 0.880. The maximum atomic E-state index is 6.44. The normalized spacial score (nSPS) is 12.6. The third kappa shape index (κ3) is 7.18. The molecule has 12 heterocycles. The van der Waals surface area contributed by atoms with Gasteiger partial charge in [-0.25, -0.2) is 29.9 Å². The van der Waals surface area contributed by atoms with Crippen LogP contribution in [0.4, 0.5) is 0 Å². The molecule has 0 spiro atoms. The molecule has 478 valence electrons. The first-order valence-corrected chi connectivity index (χ1v) is 35.0. The van der Waals surface area contributed by atoms with Gasteiger partial charge >= 0.3 is 0 Å². The Morgan fingerprint density at radius 2 is 0.606 bits per heavy atom. The Bertz CT molecular complexity index is 8450. The maximum Gasteiger partial charge on any atom is 0.165 e. The lowest BCUT2D eigenvalue weighted by Gasteiger charge is -2.02. The Balaban J connectivity index is 0.0000000909. The Hall–Kier alpha value is -14.4. The van der Waals surface area contributed by atoms with Crippen molar-refractivity contribution in [2.24, 2.45) is 0 Å². The molecule has 27 aromatic rings. The van der Waals surface area contributed by atoms with Crippen molar-refractivity contribution in [1.29, 1.82) is 0 Å². The van der Waals surface area contributed by atoms with Crippen LogP contribution in [0.1, 0.15) is 0 Å². The summed E-state index contributed by atoms with van der Waals surface area (Å²) in [5.74, 6) is 0. The monoisotopic (exact) mass is 1330 g/mol. The van der Waals surface area contributed by atoms with Crippen molar-refractivity contribution >= 4 is 236 Å². The molecule has 0 saturated carbocycles. The number of furan rings is 3. The lowest BCUT2D eigenvalue weighted by atomic mass is 10.00. The first-order chi connectivity index (χ1) is 51.5. The van der Waals surface area contributed by atoms with Crippen LogP contribution in [0.3, 0.4) is 0 Å². The number of rotatable bonds is 1. The van der Waals surface area contributed by atoms with Crippen molar-refractivity contribution in [3.63, 3.8) is 0 Å². The molecule has 12 aromatic heterocycles. The highest BCUT2D eigenvalue weighted by molar-refractivity contribution is 6.35. The van der Waals surface area contributed by atoms with Gasteiger partial charge in [-0.05, 0) is 118 Å². The summed E-state index contributed by atoms with van der Waals surface area (Å²) in [5.41, 5.74) is 25.6. The van der Waals surface area contributed by atoms with Gasteiger partial charge in [-0.1, -0.05) is 188 Å². The number of fused-ring (bicyclic) bond motifs is 35. The number of aromatic nitrogens is 9. The van der Waals surface area contributed by atoms with E-state index >= 15 is 0 Å². The fourth-order valence-electron chi connectivity index (χ4n) is 17.6. The summed E-state index contributed by atoms with van der Waals surface area (Å²) in [4.78, 5) is 30.2. The molecule has 0 radical (unpaired) electrons. The average Bonchev–Trinajstić information content (AvgIpc) is 1.54.